The molecule has 0 aliphatic heterocycles. The molecule has 2 aromatic rings. The largest absolute Gasteiger partial charge is 1.00 e. The third kappa shape index (κ3) is 4.55. The fraction of sp³-hybridized carbons (Fsp3) is 0. The van der Waals surface area contributed by atoms with Crippen LogP contribution in [-0.4, -0.2) is 8.42 Å². The maximum atomic E-state index is 10.5. The van der Waals surface area contributed by atoms with E-state index in [4.69, 9.17) is 0 Å². The SMILES string of the molecule is NS(N)(=O)=O.O=c1c2ccccc12.[H-].[Li+]. The summed E-state index contributed by atoms with van der Waals surface area (Å²) in [5.74, 6) is 0. The Bertz CT molecular complexity index is 494. The number of benzene rings is 1. The van der Waals surface area contributed by atoms with E-state index in [1.807, 2.05) is 24.3 Å². The second-order valence-electron chi connectivity index (χ2n) is 2.46. The maximum absolute atomic E-state index is 10.5. The smallest absolute Gasteiger partial charge is 1.00 e. The molecule has 0 heterocycles. The molecule has 5 nitrogen and oxygen atoms in total. The molecule has 0 amide bonds. The van der Waals surface area contributed by atoms with Crippen LogP contribution in [-0.2, 0) is 10.2 Å². The molecule has 0 atom stereocenters. The summed E-state index contributed by atoms with van der Waals surface area (Å²) in [5, 5.41) is 10.0. The van der Waals surface area contributed by atoms with E-state index in [0.717, 1.165) is 10.8 Å². The summed E-state index contributed by atoms with van der Waals surface area (Å²) in [6.45, 7) is 0. The van der Waals surface area contributed by atoms with Crippen molar-refractivity contribution in [1.29, 1.82) is 0 Å². The van der Waals surface area contributed by atoms with Crippen molar-refractivity contribution in [3.05, 3.63) is 34.5 Å². The minimum Gasteiger partial charge on any atom is -1.00 e. The molecule has 0 aliphatic carbocycles. The molecule has 0 aliphatic rings. The Morgan fingerprint density at radius 1 is 1.07 bits per heavy atom. The second-order valence-corrected chi connectivity index (χ2v) is 3.64. The van der Waals surface area contributed by atoms with Crippen molar-refractivity contribution >= 4 is 21.0 Å². The van der Waals surface area contributed by atoms with Crippen LogP contribution in [0.25, 0.3) is 10.8 Å². The topological polar surface area (TPSA) is 103 Å². The van der Waals surface area contributed by atoms with Gasteiger partial charge in [0.05, 0.1) is 0 Å². The first-order chi connectivity index (χ1) is 5.89. The van der Waals surface area contributed by atoms with Gasteiger partial charge in [-0.2, -0.15) is 8.42 Å². The van der Waals surface area contributed by atoms with Crippen LogP contribution < -0.4 is 34.6 Å². The van der Waals surface area contributed by atoms with Gasteiger partial charge in [0.15, 0.2) is 5.43 Å². The van der Waals surface area contributed by atoms with Gasteiger partial charge in [0.25, 0.3) is 10.2 Å². The number of fused-ring (bicyclic) bond motifs is 1. The van der Waals surface area contributed by atoms with Gasteiger partial charge in [-0.25, -0.2) is 10.3 Å². The first-order valence-electron chi connectivity index (χ1n) is 3.34. The van der Waals surface area contributed by atoms with Crippen LogP contribution in [0, 0.1) is 0 Å². The van der Waals surface area contributed by atoms with Gasteiger partial charge in [-0.05, 0) is 0 Å². The van der Waals surface area contributed by atoms with E-state index in [1.54, 1.807) is 0 Å². The van der Waals surface area contributed by atoms with Gasteiger partial charge >= 0.3 is 18.9 Å². The molecule has 2 aromatic carbocycles. The van der Waals surface area contributed by atoms with Crippen molar-refractivity contribution in [1.82, 2.24) is 0 Å². The van der Waals surface area contributed by atoms with Crippen LogP contribution in [0.4, 0.5) is 0 Å². The van der Waals surface area contributed by atoms with E-state index in [9.17, 15) is 13.2 Å². The minimum absolute atomic E-state index is 0. The molecular formula is C7H9LiN2O3S. The molecule has 0 radical (unpaired) electrons. The summed E-state index contributed by atoms with van der Waals surface area (Å²) in [4.78, 5) is 10.5. The molecule has 2 rings (SSSR count). The van der Waals surface area contributed by atoms with E-state index in [0.29, 0.717) is 0 Å². The van der Waals surface area contributed by atoms with Crippen LogP contribution in [0.3, 0.4) is 0 Å². The zero-order valence-electron chi connectivity index (χ0n) is 8.60. The molecular weight excluding hydrogens is 199 g/mol. The maximum Gasteiger partial charge on any atom is 1.00 e. The molecule has 7 heteroatoms. The van der Waals surface area contributed by atoms with Gasteiger partial charge in [0, 0.05) is 10.8 Å². The third-order valence-electron chi connectivity index (χ3n) is 1.35. The zero-order chi connectivity index (χ0) is 10.1. The number of nitrogens with two attached hydrogens (primary N) is 2. The summed E-state index contributed by atoms with van der Waals surface area (Å²) in [6, 6.07) is 7.45. The standard InChI is InChI=1S/C7H4O.Li.H4N2O2S.H/c8-7-5-3-1-2-4-6(5)7;;1-5(2,3)4;/h1-4H;;(H4,1,2,3,4);/q;+1;;-1. The Kier molecular flexibility index (Phi) is 4.51. The summed E-state index contributed by atoms with van der Waals surface area (Å²) in [7, 11) is -3.67. The third-order valence-corrected chi connectivity index (χ3v) is 1.35. The Morgan fingerprint density at radius 3 is 1.57 bits per heavy atom. The van der Waals surface area contributed by atoms with E-state index in [-0.39, 0.29) is 25.7 Å². The van der Waals surface area contributed by atoms with Crippen LogP contribution in [0.1, 0.15) is 1.43 Å². The fourth-order valence-corrected chi connectivity index (χ4v) is 0.833. The molecule has 0 aromatic heterocycles. The van der Waals surface area contributed by atoms with Gasteiger partial charge in [-0.3, -0.25) is 4.79 Å². The van der Waals surface area contributed by atoms with Gasteiger partial charge < -0.3 is 1.43 Å². The molecule has 0 bridgehead atoms. The molecule has 14 heavy (non-hydrogen) atoms. The van der Waals surface area contributed by atoms with Crippen molar-refractivity contribution in [3.8, 4) is 0 Å². The number of hydrogen-bond acceptors (Lipinski definition) is 3. The summed E-state index contributed by atoms with van der Waals surface area (Å²) in [6.07, 6.45) is 0. The predicted octanol–water partition coefficient (Wildman–Crippen LogP) is -3.66. The average molecular weight is 208 g/mol. The van der Waals surface area contributed by atoms with E-state index in [1.165, 1.54) is 0 Å². The fourth-order valence-electron chi connectivity index (χ4n) is 0.833. The Hall–Kier alpha value is -0.643. The van der Waals surface area contributed by atoms with E-state index >= 15 is 0 Å². The van der Waals surface area contributed by atoms with Crippen molar-refractivity contribution < 1.29 is 28.7 Å². The molecule has 4 N–H and O–H groups in total. The second kappa shape index (κ2) is 4.73. The average Bonchev–Trinajstić information content (AvgIpc) is 2.61. The van der Waals surface area contributed by atoms with Crippen LogP contribution in [0.5, 0.6) is 0 Å². The van der Waals surface area contributed by atoms with Crippen LogP contribution in [0.15, 0.2) is 29.1 Å². The van der Waals surface area contributed by atoms with Gasteiger partial charge in [0.2, 0.25) is 0 Å². The van der Waals surface area contributed by atoms with Gasteiger partial charge in [0.1, 0.15) is 0 Å². The van der Waals surface area contributed by atoms with Crippen molar-refractivity contribution in [2.24, 2.45) is 10.3 Å². The summed E-state index contributed by atoms with van der Waals surface area (Å²) in [5.41, 5.74) is 0.218. The van der Waals surface area contributed by atoms with Crippen molar-refractivity contribution in [3.63, 3.8) is 0 Å². The Balaban J connectivity index is 0. The number of hydrogen-bond donors (Lipinski definition) is 2. The summed E-state index contributed by atoms with van der Waals surface area (Å²) < 4.78 is 18.4. The van der Waals surface area contributed by atoms with E-state index in [2.05, 4.69) is 10.3 Å². The quantitative estimate of drug-likeness (QED) is 0.436. The first kappa shape index (κ1) is 13.4. The molecule has 0 saturated carbocycles. The monoisotopic (exact) mass is 208 g/mol. The molecule has 0 fully saturated rings. The van der Waals surface area contributed by atoms with Crippen molar-refractivity contribution in [2.45, 2.75) is 0 Å². The normalized spacial score (nSPS) is 10.4. The minimum atomic E-state index is -3.67. The molecule has 0 spiro atoms. The van der Waals surface area contributed by atoms with Gasteiger partial charge in [-0.1, -0.05) is 24.3 Å². The molecule has 0 unspecified atom stereocenters. The number of rotatable bonds is 0. The first-order valence-corrected chi connectivity index (χ1v) is 4.95. The molecule has 0 saturated heterocycles. The Morgan fingerprint density at radius 2 is 1.36 bits per heavy atom. The predicted molar refractivity (Wildman–Crippen MR) is 51.0 cm³/mol. The Labute approximate surface area is 94.6 Å². The van der Waals surface area contributed by atoms with E-state index < -0.39 is 10.2 Å². The van der Waals surface area contributed by atoms with Crippen LogP contribution >= 0.6 is 0 Å². The van der Waals surface area contributed by atoms with Crippen molar-refractivity contribution in [2.75, 3.05) is 0 Å². The zero-order valence-corrected chi connectivity index (χ0v) is 8.41. The molecule has 72 valence electrons. The van der Waals surface area contributed by atoms with Gasteiger partial charge in [-0.15, -0.1) is 0 Å². The summed E-state index contributed by atoms with van der Waals surface area (Å²) >= 11 is 0. The van der Waals surface area contributed by atoms with Crippen LogP contribution in [0.2, 0.25) is 0 Å².